The van der Waals surface area contributed by atoms with Crippen molar-refractivity contribution in [1.82, 2.24) is 15.0 Å². The number of carbonyl (C=O) groups is 1. The fourth-order valence-corrected chi connectivity index (χ4v) is 2.50. The summed E-state index contributed by atoms with van der Waals surface area (Å²) in [6, 6.07) is 5.81. The van der Waals surface area contributed by atoms with Crippen LogP contribution in [0.4, 0.5) is 30.8 Å². The maximum atomic E-state index is 12.5. The molecule has 4 N–H and O–H groups in total. The zero-order valence-corrected chi connectivity index (χ0v) is 17.0. The van der Waals surface area contributed by atoms with Crippen molar-refractivity contribution >= 4 is 23.6 Å². The maximum Gasteiger partial charge on any atom is 0.422 e. The molecule has 1 aromatic heterocycles. The Balaban J connectivity index is 2.13. The summed E-state index contributed by atoms with van der Waals surface area (Å²) in [7, 11) is 1.26. The molecule has 9 nitrogen and oxygen atoms in total. The number of halogens is 3. The van der Waals surface area contributed by atoms with E-state index in [1.807, 2.05) is 0 Å². The van der Waals surface area contributed by atoms with Crippen molar-refractivity contribution in [3.05, 3.63) is 29.8 Å². The molecule has 0 radical (unpaired) electrons. The third-order valence-corrected chi connectivity index (χ3v) is 3.93. The van der Waals surface area contributed by atoms with Crippen molar-refractivity contribution < 1.29 is 27.4 Å². The zero-order valence-electron chi connectivity index (χ0n) is 17.0. The van der Waals surface area contributed by atoms with Gasteiger partial charge in [-0.25, -0.2) is 4.79 Å². The number of unbranched alkanes of at least 4 members (excludes halogenated alkanes) is 3. The zero-order chi connectivity index (χ0) is 22.7. The largest absolute Gasteiger partial charge is 0.465 e. The highest BCUT2D eigenvalue weighted by molar-refractivity contribution is 5.90. The van der Waals surface area contributed by atoms with Crippen LogP contribution in [0.15, 0.2) is 24.3 Å². The average molecular weight is 442 g/mol. The number of esters is 1. The minimum absolute atomic E-state index is 0.0418. The van der Waals surface area contributed by atoms with Crippen LogP contribution in [0.25, 0.3) is 0 Å². The van der Waals surface area contributed by atoms with Crippen LogP contribution in [0.5, 0.6) is 6.01 Å². The minimum atomic E-state index is -4.54. The van der Waals surface area contributed by atoms with Gasteiger partial charge >= 0.3 is 18.2 Å². The Bertz CT molecular complexity index is 851. The van der Waals surface area contributed by atoms with Gasteiger partial charge in [0.2, 0.25) is 11.9 Å². The minimum Gasteiger partial charge on any atom is -0.465 e. The first-order valence-corrected chi connectivity index (χ1v) is 9.65. The highest BCUT2D eigenvalue weighted by Gasteiger charge is 2.29. The molecule has 0 aliphatic heterocycles. The number of anilines is 3. The van der Waals surface area contributed by atoms with Crippen LogP contribution in [0.3, 0.4) is 0 Å². The Morgan fingerprint density at radius 2 is 1.84 bits per heavy atom. The number of carbonyl (C=O) groups excluding carboxylic acids is 1. The summed E-state index contributed by atoms with van der Waals surface area (Å²) >= 11 is 0. The van der Waals surface area contributed by atoms with Crippen LogP contribution < -0.4 is 21.1 Å². The van der Waals surface area contributed by atoms with Gasteiger partial charge in [-0.3, -0.25) is 0 Å². The number of nitrogens with two attached hydrogens (primary N) is 1. The first-order valence-electron chi connectivity index (χ1n) is 9.65. The van der Waals surface area contributed by atoms with Crippen molar-refractivity contribution in [3.63, 3.8) is 0 Å². The summed E-state index contributed by atoms with van der Waals surface area (Å²) in [4.78, 5) is 23.6. The van der Waals surface area contributed by atoms with E-state index < -0.39 is 24.8 Å². The molecule has 0 aliphatic rings. The first kappa shape index (κ1) is 24.1. The standard InChI is InChI=1S/C19H25F3N6O3/c1-30-15(29)13-7-6-8-14(11-13)25-17-26-16(24-10-5-3-2-4-9-23)27-18(28-17)31-12-19(20,21)22/h6-8,11H,2-5,9-10,12,23H2,1H3,(H2,24,25,26,27,28). The number of benzene rings is 1. The van der Waals surface area contributed by atoms with Gasteiger partial charge in [0.05, 0.1) is 12.7 Å². The van der Waals surface area contributed by atoms with Crippen LogP contribution in [-0.2, 0) is 4.74 Å². The molecule has 0 saturated heterocycles. The van der Waals surface area contributed by atoms with Crippen LogP contribution in [0, 0.1) is 0 Å². The Kier molecular flexibility index (Phi) is 9.25. The van der Waals surface area contributed by atoms with E-state index in [-0.39, 0.29) is 17.5 Å². The number of ether oxygens (including phenoxy) is 2. The molecular formula is C19H25F3N6O3. The highest BCUT2D eigenvalue weighted by atomic mass is 19.4. The molecule has 31 heavy (non-hydrogen) atoms. The lowest BCUT2D eigenvalue weighted by molar-refractivity contribution is -0.154. The molecule has 2 rings (SSSR count). The van der Waals surface area contributed by atoms with E-state index in [1.54, 1.807) is 18.2 Å². The van der Waals surface area contributed by atoms with Gasteiger partial charge in [-0.1, -0.05) is 18.9 Å². The average Bonchev–Trinajstić information content (AvgIpc) is 2.74. The molecule has 0 aliphatic carbocycles. The van der Waals surface area contributed by atoms with Crippen molar-refractivity contribution in [2.75, 3.05) is 37.4 Å². The van der Waals surface area contributed by atoms with Gasteiger partial charge in [-0.15, -0.1) is 0 Å². The van der Waals surface area contributed by atoms with Gasteiger partial charge in [0, 0.05) is 12.2 Å². The van der Waals surface area contributed by atoms with Gasteiger partial charge in [-0.05, 0) is 37.6 Å². The van der Waals surface area contributed by atoms with Gasteiger partial charge in [-0.2, -0.15) is 28.1 Å². The third kappa shape index (κ3) is 9.03. The molecular weight excluding hydrogens is 417 g/mol. The number of hydrogen-bond acceptors (Lipinski definition) is 9. The molecule has 12 heteroatoms. The predicted molar refractivity (Wildman–Crippen MR) is 108 cm³/mol. The number of methoxy groups -OCH3 is 1. The lowest BCUT2D eigenvalue weighted by Crippen LogP contribution is -2.21. The molecule has 0 bridgehead atoms. The molecule has 0 saturated carbocycles. The molecule has 0 atom stereocenters. The number of aromatic nitrogens is 3. The van der Waals surface area contributed by atoms with Crippen molar-refractivity contribution in [2.45, 2.75) is 31.9 Å². The monoisotopic (exact) mass is 442 g/mol. The van der Waals surface area contributed by atoms with E-state index in [1.165, 1.54) is 13.2 Å². The van der Waals surface area contributed by atoms with E-state index in [9.17, 15) is 18.0 Å². The van der Waals surface area contributed by atoms with Crippen molar-refractivity contribution in [3.8, 4) is 6.01 Å². The topological polar surface area (TPSA) is 124 Å². The number of hydrogen-bond donors (Lipinski definition) is 3. The number of nitrogens with zero attached hydrogens (tertiary/aromatic N) is 3. The van der Waals surface area contributed by atoms with Crippen molar-refractivity contribution in [2.24, 2.45) is 5.73 Å². The molecule has 0 amide bonds. The van der Waals surface area contributed by atoms with E-state index >= 15 is 0 Å². The summed E-state index contributed by atoms with van der Waals surface area (Å²) in [5.41, 5.74) is 6.17. The first-order chi connectivity index (χ1) is 14.8. The molecule has 0 unspecified atom stereocenters. The molecule has 1 aromatic carbocycles. The fraction of sp³-hybridized carbons (Fsp3) is 0.474. The number of rotatable bonds is 12. The Morgan fingerprint density at radius 3 is 2.55 bits per heavy atom. The summed E-state index contributed by atoms with van der Waals surface area (Å²) in [5.74, 6) is -0.511. The SMILES string of the molecule is COC(=O)c1cccc(Nc2nc(NCCCCCCN)nc(OCC(F)(F)F)n2)c1. The van der Waals surface area contributed by atoms with Gasteiger partial charge in [0.25, 0.3) is 0 Å². The fourth-order valence-electron chi connectivity index (χ4n) is 2.50. The van der Waals surface area contributed by atoms with E-state index in [2.05, 4.69) is 35.1 Å². The third-order valence-electron chi connectivity index (χ3n) is 3.93. The normalized spacial score (nSPS) is 11.1. The highest BCUT2D eigenvalue weighted by Crippen LogP contribution is 2.20. The molecule has 2 aromatic rings. The Hall–Kier alpha value is -3.15. The van der Waals surface area contributed by atoms with Gasteiger partial charge < -0.3 is 25.8 Å². The predicted octanol–water partition coefficient (Wildman–Crippen LogP) is 3.27. The van der Waals surface area contributed by atoms with Crippen LogP contribution in [0.2, 0.25) is 0 Å². The summed E-state index contributed by atoms with van der Waals surface area (Å²) in [6.07, 6.45) is -0.864. The number of nitrogens with one attached hydrogen (secondary N) is 2. The second-order valence-electron chi connectivity index (χ2n) is 6.50. The second kappa shape index (κ2) is 11.9. The number of alkyl halides is 3. The van der Waals surface area contributed by atoms with E-state index in [0.717, 1.165) is 25.7 Å². The molecule has 1 heterocycles. The smallest absolute Gasteiger partial charge is 0.422 e. The van der Waals surface area contributed by atoms with Gasteiger partial charge in [0.15, 0.2) is 6.61 Å². The van der Waals surface area contributed by atoms with Crippen LogP contribution in [0.1, 0.15) is 36.0 Å². The van der Waals surface area contributed by atoms with E-state index in [0.29, 0.717) is 18.8 Å². The maximum absolute atomic E-state index is 12.5. The van der Waals surface area contributed by atoms with Crippen molar-refractivity contribution in [1.29, 1.82) is 0 Å². The summed E-state index contributed by atoms with van der Waals surface area (Å²) < 4.78 is 46.9. The summed E-state index contributed by atoms with van der Waals surface area (Å²) in [5, 5.41) is 5.79. The Labute approximate surface area is 177 Å². The summed E-state index contributed by atoms with van der Waals surface area (Å²) in [6.45, 7) is -0.385. The quantitative estimate of drug-likeness (QED) is 0.335. The molecule has 0 spiro atoms. The Morgan fingerprint density at radius 1 is 1.10 bits per heavy atom. The van der Waals surface area contributed by atoms with Crippen LogP contribution in [-0.4, -0.2) is 53.9 Å². The molecule has 0 fully saturated rings. The lowest BCUT2D eigenvalue weighted by Gasteiger charge is -2.12. The van der Waals surface area contributed by atoms with E-state index in [4.69, 9.17) is 5.73 Å². The second-order valence-corrected chi connectivity index (χ2v) is 6.50. The van der Waals surface area contributed by atoms with Gasteiger partial charge in [0.1, 0.15) is 0 Å². The lowest BCUT2D eigenvalue weighted by atomic mass is 10.2. The van der Waals surface area contributed by atoms with Crippen LogP contribution >= 0.6 is 0 Å². The molecule has 170 valence electrons.